The van der Waals surface area contributed by atoms with E-state index in [0.29, 0.717) is 25.0 Å². The second kappa shape index (κ2) is 13.0. The number of benzene rings is 2. The first-order chi connectivity index (χ1) is 18.0. The van der Waals surface area contributed by atoms with Crippen LogP contribution in [0.2, 0.25) is 0 Å². The Morgan fingerprint density at radius 2 is 1.76 bits per heavy atom. The molecule has 0 bridgehead atoms. The fourth-order valence-corrected chi connectivity index (χ4v) is 6.66. The fraction of sp³-hybridized carbons (Fsp3) is 0.417. The average molecular weight is 630 g/mol. The summed E-state index contributed by atoms with van der Waals surface area (Å²) in [6.45, 7) is 1.99. The van der Waals surface area contributed by atoms with Gasteiger partial charge in [-0.1, -0.05) is 52.2 Å². The van der Waals surface area contributed by atoms with Gasteiger partial charge in [0.2, 0.25) is 10.0 Å². The highest BCUT2D eigenvalue weighted by molar-refractivity contribution is 9.09. The van der Waals surface area contributed by atoms with Gasteiger partial charge in [0.25, 0.3) is 15.8 Å². The van der Waals surface area contributed by atoms with E-state index in [1.54, 1.807) is 4.90 Å². The lowest BCUT2D eigenvalue weighted by Crippen LogP contribution is -2.48. The molecule has 2 aromatic carbocycles. The van der Waals surface area contributed by atoms with E-state index in [1.165, 1.54) is 4.31 Å². The fourth-order valence-electron chi connectivity index (χ4n) is 4.18. The van der Waals surface area contributed by atoms with Crippen molar-refractivity contribution in [3.05, 3.63) is 63.7 Å². The summed E-state index contributed by atoms with van der Waals surface area (Å²) in [5.41, 5.74) is 0.779. The van der Waals surface area contributed by atoms with Gasteiger partial charge in [0, 0.05) is 63.3 Å². The number of nitro benzene ring substituents is 1. The molecule has 0 radical (unpaired) electrons. The highest BCUT2D eigenvalue weighted by Crippen LogP contribution is 2.36. The number of hydrogen-bond acceptors (Lipinski definition) is 9. The van der Waals surface area contributed by atoms with Gasteiger partial charge < -0.3 is 4.90 Å². The summed E-state index contributed by atoms with van der Waals surface area (Å²) in [4.78, 5) is 14.4. The molecule has 1 aliphatic heterocycles. The largest absolute Gasteiger partial charge is 0.366 e. The van der Waals surface area contributed by atoms with E-state index < -0.39 is 30.8 Å². The molecule has 14 heteroatoms. The van der Waals surface area contributed by atoms with Crippen LogP contribution < -0.4 is 4.90 Å². The Hall–Kier alpha value is -2.54. The smallest absolute Gasteiger partial charge is 0.272 e. The Balaban J connectivity index is 1.96. The van der Waals surface area contributed by atoms with Crippen LogP contribution in [0.3, 0.4) is 0 Å². The van der Waals surface area contributed by atoms with Gasteiger partial charge in [-0.05, 0) is 5.56 Å². The predicted octanol–water partition coefficient (Wildman–Crippen LogP) is 2.26. The van der Waals surface area contributed by atoms with Crippen LogP contribution in [-0.4, -0.2) is 88.4 Å². The Kier molecular flexibility index (Phi) is 10.3. The van der Waals surface area contributed by atoms with Crippen LogP contribution in [-0.2, 0) is 30.9 Å². The first kappa shape index (κ1) is 30.0. The van der Waals surface area contributed by atoms with Gasteiger partial charge in [0.1, 0.15) is 4.90 Å². The predicted molar refractivity (Wildman–Crippen MR) is 148 cm³/mol. The van der Waals surface area contributed by atoms with Crippen molar-refractivity contribution in [2.24, 2.45) is 0 Å². The number of hydrogen-bond donors (Lipinski definition) is 0. The van der Waals surface area contributed by atoms with E-state index in [2.05, 4.69) is 26.8 Å². The van der Waals surface area contributed by atoms with Crippen LogP contribution in [0.5, 0.6) is 0 Å². The van der Waals surface area contributed by atoms with Crippen molar-refractivity contribution in [2.75, 3.05) is 62.4 Å². The van der Waals surface area contributed by atoms with Crippen LogP contribution in [0.4, 0.5) is 11.4 Å². The lowest BCUT2D eigenvalue weighted by Gasteiger charge is -2.35. The third kappa shape index (κ3) is 7.75. The number of non-ortho nitro benzene ring substituents is 1. The minimum atomic E-state index is -4.20. The van der Waals surface area contributed by atoms with E-state index in [-0.39, 0.29) is 48.9 Å². The molecule has 38 heavy (non-hydrogen) atoms. The molecular formula is C24H29BrN4O7S2. The summed E-state index contributed by atoms with van der Waals surface area (Å²) in [7, 11) is -7.94. The molecule has 1 aliphatic rings. The molecule has 3 rings (SSSR count). The Labute approximate surface area is 231 Å². The number of halogens is 1. The Morgan fingerprint density at radius 1 is 1.11 bits per heavy atom. The van der Waals surface area contributed by atoms with Crippen molar-refractivity contribution in [1.82, 2.24) is 9.21 Å². The first-order valence-corrected chi connectivity index (χ1v) is 16.0. The maximum Gasteiger partial charge on any atom is 0.272 e. The summed E-state index contributed by atoms with van der Waals surface area (Å²) >= 11 is 3.32. The second-order valence-electron chi connectivity index (χ2n) is 8.61. The number of nitrogens with zero attached hydrogens (tertiary/aromatic N) is 4. The monoisotopic (exact) mass is 628 g/mol. The zero-order chi connectivity index (χ0) is 27.9. The van der Waals surface area contributed by atoms with Crippen molar-refractivity contribution in [3.63, 3.8) is 0 Å². The standard InChI is InChI=1S/C24H29BrN4O7S2/c1-3-21-17-22(29(30)31)18-23(24(21)27(10-9-25)15-16-36-37(2,32)33)38(34,35)28-13-11-26(12-14-28)19-20-7-5-4-6-8-20/h1,4-8,17-18H,9-16,19H2,2H3. The number of terminal acetylenes is 1. The van der Waals surface area contributed by atoms with Crippen molar-refractivity contribution in [1.29, 1.82) is 0 Å². The average Bonchev–Trinajstić information content (AvgIpc) is 2.87. The molecule has 1 fully saturated rings. The summed E-state index contributed by atoms with van der Waals surface area (Å²) in [6.07, 6.45) is 6.59. The number of nitro groups is 1. The van der Waals surface area contributed by atoms with Gasteiger partial charge in [-0.15, -0.1) is 6.42 Å². The molecule has 0 aliphatic carbocycles. The molecule has 11 nitrogen and oxygen atoms in total. The third-order valence-corrected chi connectivity index (χ3v) is 8.81. The van der Waals surface area contributed by atoms with Crippen molar-refractivity contribution >= 4 is 47.4 Å². The SMILES string of the molecule is C#Cc1cc([N+](=O)[O-])cc(S(=O)(=O)N2CCN(Cc3ccccc3)CC2)c1N(CCBr)CCOS(C)(=O)=O. The number of rotatable bonds is 12. The second-order valence-corrected chi connectivity index (χ2v) is 13.0. The molecule has 0 atom stereocenters. The zero-order valence-corrected chi connectivity index (χ0v) is 24.0. The van der Waals surface area contributed by atoms with Crippen molar-refractivity contribution in [2.45, 2.75) is 11.4 Å². The molecule has 0 spiro atoms. The lowest BCUT2D eigenvalue weighted by molar-refractivity contribution is -0.385. The summed E-state index contributed by atoms with van der Waals surface area (Å²) < 4.78 is 56.9. The summed E-state index contributed by atoms with van der Waals surface area (Å²) in [5, 5.41) is 12.0. The number of piperazine rings is 1. The van der Waals surface area contributed by atoms with E-state index in [0.717, 1.165) is 24.0 Å². The Bertz CT molecular complexity index is 1390. The van der Waals surface area contributed by atoms with Crippen LogP contribution >= 0.6 is 15.9 Å². The van der Waals surface area contributed by atoms with Gasteiger partial charge in [0.05, 0.1) is 29.0 Å². The van der Waals surface area contributed by atoms with Gasteiger partial charge in [-0.2, -0.15) is 12.7 Å². The molecule has 206 valence electrons. The van der Waals surface area contributed by atoms with E-state index in [4.69, 9.17) is 10.6 Å². The number of anilines is 1. The molecule has 1 heterocycles. The molecule has 0 unspecified atom stereocenters. The lowest BCUT2D eigenvalue weighted by atomic mass is 10.1. The van der Waals surface area contributed by atoms with E-state index >= 15 is 0 Å². The van der Waals surface area contributed by atoms with Gasteiger partial charge in [0.15, 0.2) is 0 Å². The van der Waals surface area contributed by atoms with Crippen molar-refractivity contribution in [3.8, 4) is 12.3 Å². The minimum absolute atomic E-state index is 0.0146. The van der Waals surface area contributed by atoms with E-state index in [1.807, 2.05) is 30.3 Å². The quantitative estimate of drug-likeness (QED) is 0.114. The normalized spacial score (nSPS) is 15.2. The molecule has 0 aromatic heterocycles. The maximum absolute atomic E-state index is 13.9. The van der Waals surface area contributed by atoms with Gasteiger partial charge in [-0.25, -0.2) is 8.42 Å². The first-order valence-electron chi connectivity index (χ1n) is 11.7. The molecule has 2 aromatic rings. The minimum Gasteiger partial charge on any atom is -0.366 e. The van der Waals surface area contributed by atoms with Gasteiger partial charge in [-0.3, -0.25) is 19.2 Å². The number of alkyl halides is 1. The molecule has 0 N–H and O–H groups in total. The Morgan fingerprint density at radius 3 is 2.32 bits per heavy atom. The highest BCUT2D eigenvalue weighted by atomic mass is 79.9. The topological polar surface area (TPSA) is 130 Å². The third-order valence-electron chi connectivity index (χ3n) is 5.95. The van der Waals surface area contributed by atoms with E-state index in [9.17, 15) is 26.9 Å². The molecule has 1 saturated heterocycles. The highest BCUT2D eigenvalue weighted by Gasteiger charge is 2.34. The summed E-state index contributed by atoms with van der Waals surface area (Å²) in [5.74, 6) is 2.37. The molecule has 0 amide bonds. The maximum atomic E-state index is 13.9. The van der Waals surface area contributed by atoms with Crippen LogP contribution in [0.15, 0.2) is 47.4 Å². The number of sulfonamides is 1. The molecular weight excluding hydrogens is 600 g/mol. The van der Waals surface area contributed by atoms with Crippen LogP contribution in [0, 0.1) is 22.5 Å². The summed E-state index contributed by atoms with van der Waals surface area (Å²) in [6, 6.07) is 12.0. The van der Waals surface area contributed by atoms with Gasteiger partial charge >= 0.3 is 0 Å². The zero-order valence-electron chi connectivity index (χ0n) is 20.8. The van der Waals surface area contributed by atoms with Crippen molar-refractivity contribution < 1.29 is 25.9 Å². The van der Waals surface area contributed by atoms with Crippen LogP contribution in [0.25, 0.3) is 0 Å². The molecule has 0 saturated carbocycles. The van der Waals surface area contributed by atoms with Crippen LogP contribution in [0.1, 0.15) is 11.1 Å².